The fourth-order valence-electron chi connectivity index (χ4n) is 1.27. The topological polar surface area (TPSA) is 24.9 Å². The van der Waals surface area contributed by atoms with Gasteiger partial charge < -0.3 is 5.32 Å². The first-order valence-corrected chi connectivity index (χ1v) is 6.39. The highest BCUT2D eigenvalue weighted by Gasteiger charge is 2.31. The molecule has 0 aliphatic rings. The van der Waals surface area contributed by atoms with Crippen LogP contribution in [0.2, 0.25) is 5.15 Å². The Hall–Kier alpha value is -0.970. The molecule has 2 nitrogen and oxygen atoms in total. The second-order valence-electron chi connectivity index (χ2n) is 5.56. The van der Waals surface area contributed by atoms with E-state index in [1.165, 1.54) is 0 Å². The van der Waals surface area contributed by atoms with Crippen molar-refractivity contribution in [1.82, 2.24) is 4.98 Å². The van der Waals surface area contributed by atoms with E-state index in [-0.39, 0.29) is 16.4 Å². The molecule has 0 amide bonds. The lowest BCUT2D eigenvalue weighted by molar-refractivity contribution is -0.137. The normalized spacial score (nSPS) is 12.9. The molecule has 0 fully saturated rings. The van der Waals surface area contributed by atoms with Gasteiger partial charge in [0.25, 0.3) is 0 Å². The van der Waals surface area contributed by atoms with Gasteiger partial charge in [0.05, 0.1) is 5.56 Å². The number of nitrogens with one attached hydrogen (secondary N) is 1. The van der Waals surface area contributed by atoms with Crippen molar-refractivity contribution < 1.29 is 13.2 Å². The Morgan fingerprint density at radius 3 is 2.32 bits per heavy atom. The molecule has 1 aromatic heterocycles. The van der Waals surface area contributed by atoms with Gasteiger partial charge in [0, 0.05) is 6.54 Å². The number of pyridine rings is 1. The van der Waals surface area contributed by atoms with Crippen LogP contribution >= 0.6 is 11.6 Å². The molecular formula is C13H18ClF3N2. The Bertz CT molecular complexity index is 442. The average molecular weight is 295 g/mol. The molecule has 0 radical (unpaired) electrons. The van der Waals surface area contributed by atoms with E-state index in [0.29, 0.717) is 12.5 Å². The van der Waals surface area contributed by atoms with Gasteiger partial charge in [-0.15, -0.1) is 0 Å². The summed E-state index contributed by atoms with van der Waals surface area (Å²) in [5.41, 5.74) is -0.847. The molecule has 0 aromatic carbocycles. The van der Waals surface area contributed by atoms with Crippen molar-refractivity contribution in [1.29, 1.82) is 0 Å². The van der Waals surface area contributed by atoms with Crippen LogP contribution in [0.25, 0.3) is 0 Å². The van der Waals surface area contributed by atoms with E-state index >= 15 is 0 Å². The fraction of sp³-hybridized carbons (Fsp3) is 0.615. The molecule has 1 N–H and O–H groups in total. The lowest BCUT2D eigenvalue weighted by atomic mass is 9.81. The molecule has 0 saturated carbocycles. The molecule has 1 aromatic rings. The van der Waals surface area contributed by atoms with Crippen LogP contribution in [0.5, 0.6) is 0 Å². The monoisotopic (exact) mass is 294 g/mol. The molecule has 1 rings (SSSR count). The smallest absolute Gasteiger partial charge is 0.369 e. The van der Waals surface area contributed by atoms with E-state index in [2.05, 4.69) is 24.1 Å². The zero-order valence-electron chi connectivity index (χ0n) is 11.4. The number of anilines is 1. The maximum Gasteiger partial charge on any atom is 0.416 e. The van der Waals surface area contributed by atoms with Gasteiger partial charge in [-0.05, 0) is 23.5 Å². The molecule has 0 aliphatic heterocycles. The van der Waals surface area contributed by atoms with E-state index < -0.39 is 11.7 Å². The summed E-state index contributed by atoms with van der Waals surface area (Å²) >= 11 is 5.62. The Labute approximate surface area is 116 Å². The van der Waals surface area contributed by atoms with Gasteiger partial charge in [0.1, 0.15) is 11.0 Å². The quantitative estimate of drug-likeness (QED) is 0.803. The van der Waals surface area contributed by atoms with Gasteiger partial charge in [-0.2, -0.15) is 13.2 Å². The molecule has 0 spiro atoms. The Morgan fingerprint density at radius 2 is 1.84 bits per heavy atom. The van der Waals surface area contributed by atoms with Crippen LogP contribution < -0.4 is 5.32 Å². The predicted octanol–water partition coefficient (Wildman–Crippen LogP) is 4.85. The van der Waals surface area contributed by atoms with E-state index in [1.807, 2.05) is 13.8 Å². The van der Waals surface area contributed by atoms with Gasteiger partial charge >= 0.3 is 6.18 Å². The van der Waals surface area contributed by atoms with Gasteiger partial charge in [-0.3, -0.25) is 0 Å². The van der Waals surface area contributed by atoms with Crippen molar-refractivity contribution in [2.75, 3.05) is 11.9 Å². The number of rotatable bonds is 4. The second kappa shape index (κ2) is 5.57. The summed E-state index contributed by atoms with van der Waals surface area (Å²) in [5.74, 6) is 0.537. The molecular weight excluding hydrogens is 277 g/mol. The zero-order valence-corrected chi connectivity index (χ0v) is 12.2. The number of hydrogen-bond donors (Lipinski definition) is 1. The number of alkyl halides is 3. The number of nitrogens with zero attached hydrogens (tertiary/aromatic N) is 1. The first-order chi connectivity index (χ1) is 8.52. The molecule has 19 heavy (non-hydrogen) atoms. The largest absolute Gasteiger partial charge is 0.416 e. The molecule has 0 saturated heterocycles. The van der Waals surface area contributed by atoms with Crippen LogP contribution in [0.1, 0.15) is 33.3 Å². The van der Waals surface area contributed by atoms with Crippen LogP contribution in [0, 0.1) is 11.3 Å². The third kappa shape index (κ3) is 4.56. The highest BCUT2D eigenvalue weighted by Crippen LogP contribution is 2.32. The van der Waals surface area contributed by atoms with Crippen molar-refractivity contribution in [3.63, 3.8) is 0 Å². The molecule has 0 aliphatic carbocycles. The van der Waals surface area contributed by atoms with Gasteiger partial charge in [0.2, 0.25) is 0 Å². The third-order valence-electron chi connectivity index (χ3n) is 3.41. The summed E-state index contributed by atoms with van der Waals surface area (Å²) in [4.78, 5) is 3.86. The van der Waals surface area contributed by atoms with E-state index in [9.17, 15) is 13.2 Å². The minimum atomic E-state index is -4.42. The lowest BCUT2D eigenvalue weighted by Crippen LogP contribution is -2.28. The predicted molar refractivity (Wildman–Crippen MR) is 71.4 cm³/mol. The van der Waals surface area contributed by atoms with Crippen molar-refractivity contribution >= 4 is 17.4 Å². The van der Waals surface area contributed by atoms with Gasteiger partial charge in [-0.1, -0.05) is 39.3 Å². The van der Waals surface area contributed by atoms with E-state index in [4.69, 9.17) is 11.6 Å². The Morgan fingerprint density at radius 1 is 1.26 bits per heavy atom. The number of hydrogen-bond acceptors (Lipinski definition) is 2. The number of aromatic nitrogens is 1. The molecule has 0 unspecified atom stereocenters. The first kappa shape index (κ1) is 16.1. The Kier molecular flexibility index (Phi) is 4.72. The van der Waals surface area contributed by atoms with Crippen molar-refractivity contribution in [3.05, 3.63) is 22.8 Å². The fourth-order valence-corrected chi connectivity index (χ4v) is 1.48. The summed E-state index contributed by atoms with van der Waals surface area (Å²) in [6.07, 6.45) is -4.42. The van der Waals surface area contributed by atoms with Gasteiger partial charge in [-0.25, -0.2) is 4.98 Å². The molecule has 0 bridgehead atoms. The maximum atomic E-state index is 12.6. The van der Waals surface area contributed by atoms with E-state index in [0.717, 1.165) is 12.1 Å². The minimum Gasteiger partial charge on any atom is -0.369 e. The van der Waals surface area contributed by atoms with Crippen LogP contribution in [-0.2, 0) is 6.18 Å². The highest BCUT2D eigenvalue weighted by atomic mass is 35.5. The Balaban J connectivity index is 2.88. The summed E-state index contributed by atoms with van der Waals surface area (Å²) in [6, 6.07) is 1.79. The first-order valence-electron chi connectivity index (χ1n) is 6.01. The third-order valence-corrected chi connectivity index (χ3v) is 3.60. The van der Waals surface area contributed by atoms with Crippen LogP contribution in [-0.4, -0.2) is 11.5 Å². The van der Waals surface area contributed by atoms with Crippen molar-refractivity contribution in [2.24, 2.45) is 11.3 Å². The maximum absolute atomic E-state index is 12.6. The lowest BCUT2D eigenvalue weighted by Gasteiger charge is -2.29. The van der Waals surface area contributed by atoms with E-state index in [1.54, 1.807) is 0 Å². The zero-order chi connectivity index (χ0) is 14.8. The SMILES string of the molecule is CC(C)C(C)(C)CNc1cc(C(F)(F)F)cc(Cl)n1. The summed E-state index contributed by atoms with van der Waals surface area (Å²) in [6.45, 7) is 8.73. The highest BCUT2D eigenvalue weighted by molar-refractivity contribution is 6.29. The molecule has 1 heterocycles. The summed E-state index contributed by atoms with van der Waals surface area (Å²) in [5, 5.41) is 2.76. The summed E-state index contributed by atoms with van der Waals surface area (Å²) in [7, 11) is 0. The molecule has 108 valence electrons. The summed E-state index contributed by atoms with van der Waals surface area (Å²) < 4.78 is 37.9. The molecule has 6 heteroatoms. The van der Waals surface area contributed by atoms with Crippen molar-refractivity contribution in [2.45, 2.75) is 33.9 Å². The average Bonchev–Trinajstić information content (AvgIpc) is 2.24. The number of halogens is 4. The minimum absolute atomic E-state index is 0.0532. The standard InChI is InChI=1S/C13H18ClF3N2/c1-8(2)12(3,4)7-18-11-6-9(13(15,16)17)5-10(14)19-11/h5-6,8H,7H2,1-4H3,(H,18,19). The van der Waals surface area contributed by atoms with Gasteiger partial charge in [0.15, 0.2) is 0 Å². The van der Waals surface area contributed by atoms with Crippen LogP contribution in [0.4, 0.5) is 19.0 Å². The van der Waals surface area contributed by atoms with Crippen LogP contribution in [0.3, 0.4) is 0 Å². The second-order valence-corrected chi connectivity index (χ2v) is 5.95. The van der Waals surface area contributed by atoms with Crippen LogP contribution in [0.15, 0.2) is 12.1 Å². The van der Waals surface area contributed by atoms with Crippen molar-refractivity contribution in [3.8, 4) is 0 Å². The molecule has 0 atom stereocenters.